The smallest absolute Gasteiger partial charge is 0.268 e. The van der Waals surface area contributed by atoms with Gasteiger partial charge in [-0.3, -0.25) is 4.98 Å². The van der Waals surface area contributed by atoms with E-state index in [-0.39, 0.29) is 4.90 Å². The van der Waals surface area contributed by atoms with Crippen molar-refractivity contribution in [2.24, 2.45) is 0 Å². The van der Waals surface area contributed by atoms with E-state index in [0.717, 1.165) is 40.7 Å². The van der Waals surface area contributed by atoms with Gasteiger partial charge in [0.1, 0.15) is 16.6 Å². The summed E-state index contributed by atoms with van der Waals surface area (Å²) < 4.78 is 34.3. The molecule has 10 nitrogen and oxygen atoms in total. The molecule has 0 spiro atoms. The lowest BCUT2D eigenvalue weighted by Gasteiger charge is -2.08. The molecular weight excluding hydrogens is 595 g/mol. The van der Waals surface area contributed by atoms with Gasteiger partial charge in [0, 0.05) is 35.3 Å². The summed E-state index contributed by atoms with van der Waals surface area (Å²) in [6.45, 7) is 2.52. The van der Waals surface area contributed by atoms with Crippen LogP contribution in [0.3, 0.4) is 0 Å². The van der Waals surface area contributed by atoms with Gasteiger partial charge in [0.25, 0.3) is 10.0 Å². The maximum atomic E-state index is 13.9. The Kier molecular flexibility index (Phi) is 7.23. The highest BCUT2D eigenvalue weighted by Gasteiger charge is 2.25. The zero-order valence-corrected chi connectivity index (χ0v) is 25.7. The molecule has 0 radical (unpaired) electrons. The van der Waals surface area contributed by atoms with E-state index in [9.17, 15) is 8.42 Å². The molecule has 3 heterocycles. The minimum absolute atomic E-state index is 0.211. The highest BCUT2D eigenvalue weighted by Crippen LogP contribution is 2.37. The van der Waals surface area contributed by atoms with E-state index in [0.29, 0.717) is 45.3 Å². The largest absolute Gasteiger partial charge is 0.497 e. The van der Waals surface area contributed by atoms with Crippen molar-refractivity contribution in [2.45, 2.75) is 37.2 Å². The molecule has 0 unspecified atom stereocenters. The van der Waals surface area contributed by atoms with Gasteiger partial charge >= 0.3 is 0 Å². The third kappa shape index (κ3) is 5.61. The zero-order chi connectivity index (χ0) is 30.3. The third-order valence-electron chi connectivity index (χ3n) is 7.46. The number of aromatic nitrogens is 5. The van der Waals surface area contributed by atoms with Crippen LogP contribution in [-0.2, 0) is 16.6 Å². The lowest BCUT2D eigenvalue weighted by molar-refractivity contribution is 0.414. The van der Waals surface area contributed by atoms with Gasteiger partial charge in [-0.05, 0) is 67.8 Å². The second-order valence-electron chi connectivity index (χ2n) is 10.7. The first-order chi connectivity index (χ1) is 21.4. The summed E-state index contributed by atoms with van der Waals surface area (Å²) in [7, 11) is -2.25. The summed E-state index contributed by atoms with van der Waals surface area (Å²) >= 11 is 1.43. The van der Waals surface area contributed by atoms with Crippen molar-refractivity contribution >= 4 is 43.2 Å². The van der Waals surface area contributed by atoms with Crippen molar-refractivity contribution in [3.05, 3.63) is 96.4 Å². The van der Waals surface area contributed by atoms with Crippen LogP contribution < -0.4 is 15.4 Å². The first kappa shape index (κ1) is 28.0. The molecule has 3 aromatic carbocycles. The average Bonchev–Trinajstić information content (AvgIpc) is 3.57. The van der Waals surface area contributed by atoms with E-state index < -0.39 is 10.0 Å². The van der Waals surface area contributed by atoms with Crippen LogP contribution in [0, 0.1) is 6.92 Å². The van der Waals surface area contributed by atoms with Crippen molar-refractivity contribution in [1.82, 2.24) is 24.1 Å². The summed E-state index contributed by atoms with van der Waals surface area (Å²) in [4.78, 5) is 9.42. The van der Waals surface area contributed by atoms with Gasteiger partial charge in [-0.15, -0.1) is 10.2 Å². The second kappa shape index (κ2) is 11.4. The molecule has 6 aromatic rings. The van der Waals surface area contributed by atoms with E-state index in [1.54, 1.807) is 50.0 Å². The van der Waals surface area contributed by atoms with E-state index >= 15 is 0 Å². The Morgan fingerprint density at radius 1 is 1.00 bits per heavy atom. The normalized spacial score (nSPS) is 13.2. The van der Waals surface area contributed by atoms with E-state index in [1.807, 2.05) is 49.4 Å². The number of benzene rings is 3. The van der Waals surface area contributed by atoms with Crippen LogP contribution in [0.2, 0.25) is 0 Å². The fourth-order valence-corrected chi connectivity index (χ4v) is 7.00. The molecule has 0 aliphatic heterocycles. The Hall–Kier alpha value is -4.81. The predicted molar refractivity (Wildman–Crippen MR) is 173 cm³/mol. The molecule has 1 saturated carbocycles. The van der Waals surface area contributed by atoms with Crippen molar-refractivity contribution < 1.29 is 13.2 Å². The summed E-state index contributed by atoms with van der Waals surface area (Å²) in [6, 6.07) is 20.7. The second-order valence-corrected chi connectivity index (χ2v) is 13.5. The molecule has 3 aromatic heterocycles. The number of ether oxygens (including phenoxy) is 1. The van der Waals surface area contributed by atoms with Crippen LogP contribution >= 0.6 is 11.3 Å². The highest BCUT2D eigenvalue weighted by molar-refractivity contribution is 7.90. The van der Waals surface area contributed by atoms with E-state index in [1.165, 1.54) is 15.3 Å². The molecule has 222 valence electrons. The van der Waals surface area contributed by atoms with Crippen LogP contribution in [-0.4, -0.2) is 45.7 Å². The number of aryl methyl sites for hydroxylation is 1. The van der Waals surface area contributed by atoms with Crippen molar-refractivity contribution in [2.75, 3.05) is 17.7 Å². The fourth-order valence-electron chi connectivity index (χ4n) is 4.89. The number of hydrogen-bond acceptors (Lipinski definition) is 10. The van der Waals surface area contributed by atoms with Gasteiger partial charge in [0.2, 0.25) is 5.13 Å². The van der Waals surface area contributed by atoms with Crippen molar-refractivity contribution in [3.8, 4) is 27.6 Å². The van der Waals surface area contributed by atoms with Crippen molar-refractivity contribution in [3.63, 3.8) is 0 Å². The monoisotopic (exact) mass is 623 g/mol. The number of anilines is 2. The molecule has 0 atom stereocenters. The number of methoxy groups -OCH3 is 1. The topological polar surface area (TPSA) is 124 Å². The van der Waals surface area contributed by atoms with Crippen LogP contribution in [0.5, 0.6) is 5.75 Å². The Morgan fingerprint density at radius 2 is 1.80 bits per heavy atom. The summed E-state index contributed by atoms with van der Waals surface area (Å²) in [5.41, 5.74) is 4.66. The van der Waals surface area contributed by atoms with Crippen LogP contribution in [0.25, 0.3) is 32.7 Å². The molecule has 1 aliphatic rings. The highest BCUT2D eigenvalue weighted by atomic mass is 32.2. The third-order valence-corrected chi connectivity index (χ3v) is 10.1. The summed E-state index contributed by atoms with van der Waals surface area (Å²) in [5, 5.41) is 17.6. The van der Waals surface area contributed by atoms with Gasteiger partial charge < -0.3 is 15.4 Å². The average molecular weight is 624 g/mol. The summed E-state index contributed by atoms with van der Waals surface area (Å²) in [5.74, 6) is 1.47. The molecule has 12 heteroatoms. The van der Waals surface area contributed by atoms with Crippen molar-refractivity contribution in [1.29, 1.82) is 0 Å². The molecule has 7 rings (SSSR count). The predicted octanol–water partition coefficient (Wildman–Crippen LogP) is 6.36. The number of fused-ring (bicyclic) bond motifs is 1. The molecule has 0 saturated heterocycles. The Morgan fingerprint density at radius 3 is 2.55 bits per heavy atom. The Labute approximate surface area is 258 Å². The molecular formula is C32H29N7O3S2. The van der Waals surface area contributed by atoms with Gasteiger partial charge in [0.05, 0.1) is 35.6 Å². The van der Waals surface area contributed by atoms with E-state index in [2.05, 4.69) is 25.8 Å². The van der Waals surface area contributed by atoms with Crippen LogP contribution in [0.4, 0.5) is 10.9 Å². The minimum atomic E-state index is -3.89. The zero-order valence-electron chi connectivity index (χ0n) is 24.1. The lowest BCUT2D eigenvalue weighted by atomic mass is 10.1. The maximum absolute atomic E-state index is 13.9. The number of nitrogens with zero attached hydrogens (tertiary/aromatic N) is 5. The molecule has 1 fully saturated rings. The Bertz CT molecular complexity index is 2070. The molecule has 0 amide bonds. The molecule has 2 N–H and O–H groups in total. The number of hydrogen-bond donors (Lipinski definition) is 2. The first-order valence-corrected chi connectivity index (χ1v) is 16.4. The van der Waals surface area contributed by atoms with Gasteiger partial charge in [0.15, 0.2) is 0 Å². The van der Waals surface area contributed by atoms with Gasteiger partial charge in [-0.1, -0.05) is 41.2 Å². The minimum Gasteiger partial charge on any atom is -0.497 e. The SMILES string of the molecule is COc1ccc(CNc2nnc(-c3ccc4c(c3)c(-c3cncc(NC5CC5)n3)cn4S(=O)(=O)c3ccc(C)cc3)s2)cc1. The van der Waals surface area contributed by atoms with Gasteiger partial charge in [-0.25, -0.2) is 17.4 Å². The van der Waals surface area contributed by atoms with Crippen LogP contribution in [0.1, 0.15) is 24.0 Å². The maximum Gasteiger partial charge on any atom is 0.268 e. The lowest BCUT2D eigenvalue weighted by Crippen LogP contribution is -2.11. The quantitative estimate of drug-likeness (QED) is 0.179. The number of rotatable bonds is 10. The Balaban J connectivity index is 1.26. The van der Waals surface area contributed by atoms with E-state index in [4.69, 9.17) is 9.72 Å². The van der Waals surface area contributed by atoms with Crippen LogP contribution in [0.15, 0.2) is 90.2 Å². The summed E-state index contributed by atoms with van der Waals surface area (Å²) in [6.07, 6.45) is 7.19. The first-order valence-electron chi connectivity index (χ1n) is 14.1. The standard InChI is InChI=1S/C32H29N7O3S2/c1-20-3-12-25(13-4-20)44(40,41)39-19-27(28-17-33-18-30(36-28)35-23-8-9-23)26-15-22(7-14-29(26)39)31-37-38-32(43-31)34-16-21-5-10-24(42-2)11-6-21/h3-7,10-15,17-19,23H,8-9,16H2,1-2H3,(H,34,38)(H,35,36). The molecule has 44 heavy (non-hydrogen) atoms. The molecule has 0 bridgehead atoms. The van der Waals surface area contributed by atoms with Gasteiger partial charge in [-0.2, -0.15) is 0 Å². The number of nitrogens with one attached hydrogen (secondary N) is 2. The fraction of sp³-hybridized carbons (Fsp3) is 0.188. The molecule has 1 aliphatic carbocycles.